The van der Waals surface area contributed by atoms with Crippen LogP contribution in [0.3, 0.4) is 0 Å². The first-order valence-electron chi connectivity index (χ1n) is 6.20. The van der Waals surface area contributed by atoms with Crippen molar-refractivity contribution in [1.29, 1.82) is 0 Å². The summed E-state index contributed by atoms with van der Waals surface area (Å²) in [5.74, 6) is 0.822. The van der Waals surface area contributed by atoms with Crippen LogP contribution in [0.15, 0.2) is 24.3 Å². The second-order valence-electron chi connectivity index (χ2n) is 4.32. The molecule has 1 aromatic heterocycles. The zero-order chi connectivity index (χ0) is 14.5. The summed E-state index contributed by atoms with van der Waals surface area (Å²) in [5, 5.41) is 6.57. The summed E-state index contributed by atoms with van der Waals surface area (Å²) >= 11 is 5.94. The lowest BCUT2D eigenvalue weighted by atomic mass is 10.3. The SMILES string of the molecule is CNc1nc(Nc2cccc(Cl)c2)nc(OC(C)C)n1. The molecule has 6 nitrogen and oxygen atoms in total. The van der Waals surface area contributed by atoms with E-state index >= 15 is 0 Å². The lowest BCUT2D eigenvalue weighted by molar-refractivity contribution is 0.222. The molecule has 106 valence electrons. The summed E-state index contributed by atoms with van der Waals surface area (Å²) in [7, 11) is 1.73. The largest absolute Gasteiger partial charge is 0.461 e. The first-order valence-corrected chi connectivity index (χ1v) is 6.57. The van der Waals surface area contributed by atoms with Crippen molar-refractivity contribution in [3.05, 3.63) is 29.3 Å². The Morgan fingerprint density at radius 3 is 2.55 bits per heavy atom. The molecule has 0 atom stereocenters. The number of aromatic nitrogens is 3. The van der Waals surface area contributed by atoms with E-state index in [0.29, 0.717) is 16.9 Å². The molecule has 0 unspecified atom stereocenters. The van der Waals surface area contributed by atoms with Crippen LogP contribution in [-0.4, -0.2) is 28.1 Å². The van der Waals surface area contributed by atoms with Crippen molar-refractivity contribution in [3.63, 3.8) is 0 Å². The molecule has 0 bridgehead atoms. The van der Waals surface area contributed by atoms with E-state index in [0.717, 1.165) is 5.69 Å². The fourth-order valence-electron chi connectivity index (χ4n) is 1.48. The average molecular weight is 294 g/mol. The van der Waals surface area contributed by atoms with Gasteiger partial charge in [-0.15, -0.1) is 0 Å². The van der Waals surface area contributed by atoms with Gasteiger partial charge in [0.2, 0.25) is 11.9 Å². The molecule has 1 heterocycles. The van der Waals surface area contributed by atoms with E-state index in [1.165, 1.54) is 0 Å². The van der Waals surface area contributed by atoms with E-state index in [9.17, 15) is 0 Å². The van der Waals surface area contributed by atoms with Crippen molar-refractivity contribution in [1.82, 2.24) is 15.0 Å². The molecule has 7 heteroatoms. The normalized spacial score (nSPS) is 10.4. The molecule has 0 fully saturated rings. The van der Waals surface area contributed by atoms with Crippen molar-refractivity contribution in [2.45, 2.75) is 20.0 Å². The molecule has 2 rings (SSSR count). The second kappa shape index (κ2) is 6.38. The first-order chi connectivity index (χ1) is 9.56. The minimum Gasteiger partial charge on any atom is -0.461 e. The van der Waals surface area contributed by atoms with E-state index in [1.807, 2.05) is 26.0 Å². The first kappa shape index (κ1) is 14.3. The van der Waals surface area contributed by atoms with Crippen LogP contribution < -0.4 is 15.4 Å². The van der Waals surface area contributed by atoms with E-state index in [4.69, 9.17) is 16.3 Å². The Hall–Kier alpha value is -2.08. The van der Waals surface area contributed by atoms with Gasteiger partial charge in [-0.3, -0.25) is 0 Å². The highest BCUT2D eigenvalue weighted by Crippen LogP contribution is 2.20. The van der Waals surface area contributed by atoms with Crippen molar-refractivity contribution in [3.8, 4) is 6.01 Å². The molecular formula is C13H16ClN5O. The molecule has 20 heavy (non-hydrogen) atoms. The molecule has 0 aliphatic carbocycles. The highest BCUT2D eigenvalue weighted by Gasteiger charge is 2.08. The molecule has 2 N–H and O–H groups in total. The summed E-state index contributed by atoms with van der Waals surface area (Å²) in [6.45, 7) is 3.82. The van der Waals surface area contributed by atoms with E-state index in [1.54, 1.807) is 19.2 Å². The number of hydrogen-bond donors (Lipinski definition) is 2. The van der Waals surface area contributed by atoms with Crippen LogP contribution in [0.4, 0.5) is 17.6 Å². The Morgan fingerprint density at radius 2 is 1.90 bits per heavy atom. The number of ether oxygens (including phenoxy) is 1. The highest BCUT2D eigenvalue weighted by molar-refractivity contribution is 6.30. The van der Waals surface area contributed by atoms with Gasteiger partial charge in [-0.2, -0.15) is 15.0 Å². The lowest BCUT2D eigenvalue weighted by Gasteiger charge is -2.11. The molecule has 0 saturated carbocycles. The number of rotatable bonds is 5. The predicted molar refractivity (Wildman–Crippen MR) is 79.9 cm³/mol. The van der Waals surface area contributed by atoms with Gasteiger partial charge in [-0.05, 0) is 32.0 Å². The topological polar surface area (TPSA) is 72.0 Å². The molecule has 0 amide bonds. The summed E-state index contributed by atoms with van der Waals surface area (Å²) in [4.78, 5) is 12.6. The van der Waals surface area contributed by atoms with Gasteiger partial charge in [0.25, 0.3) is 0 Å². The van der Waals surface area contributed by atoms with Crippen LogP contribution in [-0.2, 0) is 0 Å². The van der Waals surface area contributed by atoms with Gasteiger partial charge in [0, 0.05) is 17.8 Å². The second-order valence-corrected chi connectivity index (χ2v) is 4.75. The van der Waals surface area contributed by atoms with E-state index in [-0.39, 0.29) is 12.1 Å². The maximum Gasteiger partial charge on any atom is 0.323 e. The van der Waals surface area contributed by atoms with Crippen LogP contribution in [0.5, 0.6) is 6.01 Å². The Bertz CT molecular complexity index is 591. The van der Waals surface area contributed by atoms with Crippen molar-refractivity contribution >= 4 is 29.2 Å². The molecule has 1 aromatic carbocycles. The molecule has 0 radical (unpaired) electrons. The maximum atomic E-state index is 5.94. The molecular weight excluding hydrogens is 278 g/mol. The number of halogens is 1. The monoisotopic (exact) mass is 293 g/mol. The summed E-state index contributed by atoms with van der Waals surface area (Å²) in [6, 6.07) is 7.57. The number of hydrogen-bond acceptors (Lipinski definition) is 6. The van der Waals surface area contributed by atoms with Crippen LogP contribution in [0.1, 0.15) is 13.8 Å². The predicted octanol–water partition coefficient (Wildman–Crippen LogP) is 3.10. The van der Waals surface area contributed by atoms with Crippen LogP contribution in [0.25, 0.3) is 0 Å². The molecule has 0 aliphatic heterocycles. The third-order valence-corrected chi connectivity index (χ3v) is 2.50. The Morgan fingerprint density at radius 1 is 1.15 bits per heavy atom. The van der Waals surface area contributed by atoms with Crippen molar-refractivity contribution in [2.75, 3.05) is 17.7 Å². The standard InChI is InChI=1S/C13H16ClN5O/c1-8(2)20-13-18-11(15-3)17-12(19-13)16-10-6-4-5-9(14)7-10/h4-8H,1-3H3,(H2,15,16,17,18,19). The molecule has 0 saturated heterocycles. The number of anilines is 3. The average Bonchev–Trinajstić information content (AvgIpc) is 2.37. The summed E-state index contributed by atoms with van der Waals surface area (Å²) < 4.78 is 5.49. The zero-order valence-electron chi connectivity index (χ0n) is 11.5. The fourth-order valence-corrected chi connectivity index (χ4v) is 1.67. The smallest absolute Gasteiger partial charge is 0.323 e. The minimum atomic E-state index is -0.0128. The number of benzene rings is 1. The van der Waals surface area contributed by atoms with Crippen molar-refractivity contribution < 1.29 is 4.74 Å². The van der Waals surface area contributed by atoms with Gasteiger partial charge in [0.05, 0.1) is 6.10 Å². The van der Waals surface area contributed by atoms with Gasteiger partial charge < -0.3 is 15.4 Å². The molecule has 2 aromatic rings. The van der Waals surface area contributed by atoms with Crippen LogP contribution >= 0.6 is 11.6 Å². The third-order valence-electron chi connectivity index (χ3n) is 2.26. The number of nitrogens with zero attached hydrogens (tertiary/aromatic N) is 3. The minimum absolute atomic E-state index is 0.0128. The fraction of sp³-hybridized carbons (Fsp3) is 0.308. The van der Waals surface area contributed by atoms with Gasteiger partial charge >= 0.3 is 6.01 Å². The van der Waals surface area contributed by atoms with Gasteiger partial charge in [-0.25, -0.2) is 0 Å². The summed E-state index contributed by atoms with van der Waals surface area (Å²) in [6.07, 6.45) is -0.0128. The number of nitrogens with one attached hydrogen (secondary N) is 2. The van der Waals surface area contributed by atoms with E-state index in [2.05, 4.69) is 25.6 Å². The Kier molecular flexibility index (Phi) is 4.57. The van der Waals surface area contributed by atoms with Crippen LogP contribution in [0, 0.1) is 0 Å². The maximum absolute atomic E-state index is 5.94. The Balaban J connectivity index is 2.26. The van der Waals surface area contributed by atoms with Gasteiger partial charge in [-0.1, -0.05) is 17.7 Å². The molecule has 0 aliphatic rings. The Labute approximate surface area is 122 Å². The zero-order valence-corrected chi connectivity index (χ0v) is 12.3. The molecule has 0 spiro atoms. The third kappa shape index (κ3) is 3.96. The quantitative estimate of drug-likeness (QED) is 0.882. The van der Waals surface area contributed by atoms with Crippen molar-refractivity contribution in [2.24, 2.45) is 0 Å². The van der Waals surface area contributed by atoms with E-state index < -0.39 is 0 Å². The summed E-state index contributed by atoms with van der Waals surface area (Å²) in [5.41, 5.74) is 0.793. The van der Waals surface area contributed by atoms with Gasteiger partial charge in [0.1, 0.15) is 0 Å². The highest BCUT2D eigenvalue weighted by atomic mass is 35.5. The van der Waals surface area contributed by atoms with Gasteiger partial charge in [0.15, 0.2) is 0 Å². The van der Waals surface area contributed by atoms with Crippen LogP contribution in [0.2, 0.25) is 5.02 Å². The lowest BCUT2D eigenvalue weighted by Crippen LogP contribution is -2.11.